The second kappa shape index (κ2) is 7.64. The molecule has 5 heteroatoms. The Morgan fingerprint density at radius 3 is 2.57 bits per heavy atom. The van der Waals surface area contributed by atoms with E-state index >= 15 is 0 Å². The molecule has 4 rings (SSSR count). The van der Waals surface area contributed by atoms with Crippen molar-refractivity contribution in [3.63, 3.8) is 0 Å². The van der Waals surface area contributed by atoms with Crippen LogP contribution in [0, 0.1) is 0 Å². The molecule has 0 fully saturated rings. The van der Waals surface area contributed by atoms with Gasteiger partial charge in [0.15, 0.2) is 0 Å². The highest BCUT2D eigenvalue weighted by atomic mass is 16.1. The molecule has 28 heavy (non-hydrogen) atoms. The van der Waals surface area contributed by atoms with Crippen molar-refractivity contribution in [3.05, 3.63) is 88.5 Å². The Labute approximate surface area is 162 Å². The largest absolute Gasteiger partial charge is 0.350 e. The Kier molecular flexibility index (Phi) is 4.89. The minimum Gasteiger partial charge on any atom is -0.350 e. The van der Waals surface area contributed by atoms with Gasteiger partial charge in [0.2, 0.25) is 5.91 Å². The zero-order valence-electron chi connectivity index (χ0n) is 15.6. The van der Waals surface area contributed by atoms with Crippen LogP contribution < -0.4 is 10.9 Å². The van der Waals surface area contributed by atoms with E-state index in [1.54, 1.807) is 18.2 Å². The van der Waals surface area contributed by atoms with Crippen LogP contribution in [0.1, 0.15) is 30.8 Å². The number of fused-ring (bicyclic) bond motifs is 2. The van der Waals surface area contributed by atoms with E-state index in [4.69, 9.17) is 0 Å². The normalized spacial score (nSPS) is 12.2. The van der Waals surface area contributed by atoms with E-state index in [1.165, 1.54) is 0 Å². The molecule has 1 amide bonds. The Bertz CT molecular complexity index is 1210. The van der Waals surface area contributed by atoms with E-state index in [0.717, 1.165) is 16.3 Å². The predicted octanol–water partition coefficient (Wildman–Crippen LogP) is 3.89. The molecule has 3 aromatic carbocycles. The number of aryl methyl sites for hydroxylation is 1. The quantitative estimate of drug-likeness (QED) is 0.559. The molecule has 0 radical (unpaired) electrons. The van der Waals surface area contributed by atoms with Gasteiger partial charge in [-0.25, -0.2) is 4.98 Å². The first-order valence-corrected chi connectivity index (χ1v) is 9.37. The zero-order valence-corrected chi connectivity index (χ0v) is 15.6. The molecule has 1 aromatic heterocycles. The van der Waals surface area contributed by atoms with Gasteiger partial charge in [-0.3, -0.25) is 9.59 Å². The summed E-state index contributed by atoms with van der Waals surface area (Å²) in [6.45, 7) is 1.98. The van der Waals surface area contributed by atoms with E-state index < -0.39 is 0 Å². The number of carbonyl (C=O) groups is 1. The molecule has 140 valence electrons. The number of rotatable bonds is 5. The highest BCUT2D eigenvalue weighted by Gasteiger charge is 2.13. The number of nitrogens with zero attached hydrogens (tertiary/aromatic N) is 1. The molecule has 1 atom stereocenters. The van der Waals surface area contributed by atoms with E-state index in [1.807, 2.05) is 37.3 Å². The molecule has 0 aliphatic heterocycles. The smallest absolute Gasteiger partial charge is 0.258 e. The third-order valence-corrected chi connectivity index (χ3v) is 4.92. The fourth-order valence-electron chi connectivity index (χ4n) is 3.50. The van der Waals surface area contributed by atoms with Crippen LogP contribution in [0.5, 0.6) is 0 Å². The van der Waals surface area contributed by atoms with Crippen molar-refractivity contribution < 1.29 is 4.79 Å². The van der Waals surface area contributed by atoms with Crippen LogP contribution in [0.15, 0.2) is 71.5 Å². The summed E-state index contributed by atoms with van der Waals surface area (Å²) in [6.07, 6.45) is 0.643. The van der Waals surface area contributed by atoms with Crippen LogP contribution in [-0.2, 0) is 11.2 Å². The number of nitrogens with one attached hydrogen (secondary N) is 2. The lowest BCUT2D eigenvalue weighted by Gasteiger charge is -2.16. The third-order valence-electron chi connectivity index (χ3n) is 4.92. The van der Waals surface area contributed by atoms with E-state index in [-0.39, 0.29) is 23.9 Å². The molecule has 0 aliphatic rings. The number of aromatic amines is 1. The summed E-state index contributed by atoms with van der Waals surface area (Å²) in [5, 5.41) is 5.90. The fraction of sp³-hybridized carbons (Fsp3) is 0.174. The van der Waals surface area contributed by atoms with Crippen LogP contribution in [0.4, 0.5) is 0 Å². The van der Waals surface area contributed by atoms with Crippen molar-refractivity contribution in [2.75, 3.05) is 0 Å². The van der Waals surface area contributed by atoms with Crippen molar-refractivity contribution in [2.45, 2.75) is 25.8 Å². The summed E-state index contributed by atoms with van der Waals surface area (Å²) >= 11 is 0. The summed E-state index contributed by atoms with van der Waals surface area (Å²) in [4.78, 5) is 31.8. The highest BCUT2D eigenvalue weighted by Crippen LogP contribution is 2.24. The standard InChI is InChI=1S/C23H21N3O2/c1-15(17-11-6-8-16-7-2-3-9-18(16)17)24-22(27)14-13-21-25-20-12-5-4-10-19(20)23(28)26-21/h2-12,15H,13-14H2,1H3,(H,24,27)(H,25,26,28)/t15-/m0/s1. The first kappa shape index (κ1) is 17.9. The molecular weight excluding hydrogens is 350 g/mol. The lowest BCUT2D eigenvalue weighted by molar-refractivity contribution is -0.121. The van der Waals surface area contributed by atoms with Crippen LogP contribution in [0.25, 0.3) is 21.7 Å². The molecule has 5 nitrogen and oxygen atoms in total. The van der Waals surface area contributed by atoms with Crippen molar-refractivity contribution >= 4 is 27.6 Å². The average molecular weight is 371 g/mol. The van der Waals surface area contributed by atoms with Gasteiger partial charge >= 0.3 is 0 Å². The number of amides is 1. The molecule has 1 heterocycles. The van der Waals surface area contributed by atoms with Crippen LogP contribution >= 0.6 is 0 Å². The summed E-state index contributed by atoms with van der Waals surface area (Å²) < 4.78 is 0. The minimum absolute atomic E-state index is 0.0729. The Balaban J connectivity index is 1.45. The number of para-hydroxylation sites is 1. The first-order chi connectivity index (χ1) is 13.6. The maximum atomic E-state index is 12.5. The van der Waals surface area contributed by atoms with Gasteiger partial charge in [-0.1, -0.05) is 54.6 Å². The Hall–Kier alpha value is -3.47. The summed E-state index contributed by atoms with van der Waals surface area (Å²) in [5.41, 5.74) is 1.56. The fourth-order valence-corrected chi connectivity index (χ4v) is 3.50. The van der Waals surface area contributed by atoms with Gasteiger partial charge in [0.1, 0.15) is 5.82 Å². The van der Waals surface area contributed by atoms with Gasteiger partial charge < -0.3 is 10.3 Å². The van der Waals surface area contributed by atoms with E-state index in [9.17, 15) is 9.59 Å². The summed E-state index contributed by atoms with van der Waals surface area (Å²) in [6, 6.07) is 21.3. The maximum absolute atomic E-state index is 12.5. The van der Waals surface area contributed by atoms with Gasteiger partial charge in [-0.2, -0.15) is 0 Å². The summed E-state index contributed by atoms with van der Waals surface area (Å²) in [7, 11) is 0. The van der Waals surface area contributed by atoms with Crippen molar-refractivity contribution in [1.82, 2.24) is 15.3 Å². The van der Waals surface area contributed by atoms with Crippen LogP contribution in [-0.4, -0.2) is 15.9 Å². The van der Waals surface area contributed by atoms with Crippen LogP contribution in [0.3, 0.4) is 0 Å². The monoisotopic (exact) mass is 371 g/mol. The lowest BCUT2D eigenvalue weighted by atomic mass is 9.99. The van der Waals surface area contributed by atoms with Gasteiger partial charge in [0.25, 0.3) is 5.56 Å². The third kappa shape index (κ3) is 3.64. The zero-order chi connectivity index (χ0) is 19.5. The molecule has 0 saturated heterocycles. The molecule has 0 unspecified atom stereocenters. The predicted molar refractivity (Wildman–Crippen MR) is 111 cm³/mol. The van der Waals surface area contributed by atoms with Gasteiger partial charge in [0.05, 0.1) is 16.9 Å². The highest BCUT2D eigenvalue weighted by molar-refractivity contribution is 5.87. The molecular formula is C23H21N3O2. The summed E-state index contributed by atoms with van der Waals surface area (Å²) in [5.74, 6) is 0.452. The maximum Gasteiger partial charge on any atom is 0.258 e. The minimum atomic E-state index is -0.176. The molecule has 0 spiro atoms. The Morgan fingerprint density at radius 2 is 1.71 bits per heavy atom. The van der Waals surface area contributed by atoms with Gasteiger partial charge in [-0.05, 0) is 35.4 Å². The van der Waals surface area contributed by atoms with E-state index in [2.05, 4.69) is 33.5 Å². The van der Waals surface area contributed by atoms with Crippen LogP contribution in [0.2, 0.25) is 0 Å². The Morgan fingerprint density at radius 1 is 1.00 bits per heavy atom. The number of carbonyl (C=O) groups excluding carboxylic acids is 1. The SMILES string of the molecule is C[C@H](NC(=O)CCc1nc2ccccc2c(=O)[nH]1)c1cccc2ccccc12. The topological polar surface area (TPSA) is 74.8 Å². The molecule has 0 aliphatic carbocycles. The molecule has 0 bridgehead atoms. The average Bonchev–Trinajstić information content (AvgIpc) is 2.72. The second-order valence-corrected chi connectivity index (χ2v) is 6.89. The molecule has 0 saturated carbocycles. The number of hydrogen-bond donors (Lipinski definition) is 2. The number of H-pyrrole nitrogens is 1. The molecule has 4 aromatic rings. The van der Waals surface area contributed by atoms with Crippen molar-refractivity contribution in [3.8, 4) is 0 Å². The second-order valence-electron chi connectivity index (χ2n) is 6.89. The van der Waals surface area contributed by atoms with Gasteiger partial charge in [-0.15, -0.1) is 0 Å². The molecule has 2 N–H and O–H groups in total. The van der Waals surface area contributed by atoms with Gasteiger partial charge in [0, 0.05) is 12.8 Å². The number of benzene rings is 3. The van der Waals surface area contributed by atoms with Crippen molar-refractivity contribution in [1.29, 1.82) is 0 Å². The first-order valence-electron chi connectivity index (χ1n) is 9.37. The lowest BCUT2D eigenvalue weighted by Crippen LogP contribution is -2.27. The number of aromatic nitrogens is 2. The van der Waals surface area contributed by atoms with Crippen molar-refractivity contribution in [2.24, 2.45) is 0 Å². The number of hydrogen-bond acceptors (Lipinski definition) is 3. The van der Waals surface area contributed by atoms with E-state index in [0.29, 0.717) is 23.1 Å².